The van der Waals surface area contributed by atoms with Crippen LogP contribution in [0, 0.1) is 0 Å². The van der Waals surface area contributed by atoms with Crippen LogP contribution in [0.2, 0.25) is 0 Å². The third-order valence-electron chi connectivity index (χ3n) is 10.0. The van der Waals surface area contributed by atoms with Gasteiger partial charge in [-0.25, -0.2) is 4.98 Å². The Bertz CT molecular complexity index is 2370. The van der Waals surface area contributed by atoms with Gasteiger partial charge in [0.2, 0.25) is 23.0 Å². The van der Waals surface area contributed by atoms with Crippen molar-refractivity contribution in [2.24, 2.45) is 0 Å². The summed E-state index contributed by atoms with van der Waals surface area (Å²) in [5, 5.41) is 6.65. The molecule has 2 amide bonds. The minimum Gasteiger partial charge on any atom is -0.493 e. The number of unbranched alkanes of at least 4 members (excludes halogenated alkanes) is 2. The maximum absolute atomic E-state index is 14.2. The van der Waals surface area contributed by atoms with E-state index in [0.717, 1.165) is 59.2 Å². The van der Waals surface area contributed by atoms with Crippen molar-refractivity contribution in [3.8, 4) is 39.7 Å². The number of furan rings is 1. The summed E-state index contributed by atoms with van der Waals surface area (Å²) in [6.07, 6.45) is 4.57. The number of H-pyrrole nitrogens is 1. The number of nitrogens with zero attached hydrogens (tertiary/aromatic N) is 1. The van der Waals surface area contributed by atoms with E-state index >= 15 is 0 Å². The SMILES string of the molecule is COc1cc2c(c(OC)c1OC)-c1cc3c(CC(=O)NCCCCCc4nc5ccccc5[nH]4)c(-c4ccccc4)oc3c(=O)cc1[C@@H](NC(C)=O)CC2. The molecule has 0 aliphatic heterocycles. The molecule has 0 saturated carbocycles. The lowest BCUT2D eigenvalue weighted by atomic mass is 9.94. The van der Waals surface area contributed by atoms with Crippen LogP contribution >= 0.6 is 0 Å². The summed E-state index contributed by atoms with van der Waals surface area (Å²) in [5.41, 5.74) is 5.99. The number of aryl methyl sites for hydroxylation is 2. The first kappa shape index (κ1) is 36.3. The number of rotatable bonds is 13. The topological polar surface area (TPSA) is 145 Å². The van der Waals surface area contributed by atoms with Gasteiger partial charge in [0, 0.05) is 42.0 Å². The fourth-order valence-electron chi connectivity index (χ4n) is 7.55. The zero-order valence-corrected chi connectivity index (χ0v) is 31.0. The van der Waals surface area contributed by atoms with Crippen LogP contribution in [0.5, 0.6) is 17.2 Å². The standard InChI is InChI=1S/C43H44N4O7/c1-25(48)45-32-19-18-27-21-36(51-2)42(52-3)43(53-4)39(27)29-22-30-31(40(26-13-7-5-8-14-26)54-41(30)35(49)23-28(29)32)24-38(50)44-20-12-6-9-17-37-46-33-15-10-11-16-34(33)47-37/h5,7-8,10-11,13-16,21-23,32H,6,9,12,17-20,24H2,1-4H3,(H,44,50)(H,45,48)(H,46,47)/t32-/m0/s1. The second kappa shape index (κ2) is 15.9. The molecule has 4 aromatic carbocycles. The van der Waals surface area contributed by atoms with Gasteiger partial charge in [0.25, 0.3) is 0 Å². The summed E-state index contributed by atoms with van der Waals surface area (Å²) in [6, 6.07) is 22.3. The third kappa shape index (κ3) is 7.26. The van der Waals surface area contributed by atoms with Gasteiger partial charge in [0.15, 0.2) is 17.1 Å². The van der Waals surface area contributed by atoms with Gasteiger partial charge >= 0.3 is 0 Å². The number of aromatic amines is 1. The minimum absolute atomic E-state index is 0.0144. The maximum Gasteiger partial charge on any atom is 0.224 e. The monoisotopic (exact) mass is 728 g/mol. The van der Waals surface area contributed by atoms with E-state index in [1.807, 2.05) is 66.7 Å². The number of ether oxygens (including phenoxy) is 3. The molecule has 1 aliphatic rings. The van der Waals surface area contributed by atoms with E-state index in [-0.39, 0.29) is 29.2 Å². The highest BCUT2D eigenvalue weighted by atomic mass is 16.5. The largest absolute Gasteiger partial charge is 0.493 e. The Morgan fingerprint density at radius 1 is 0.926 bits per heavy atom. The van der Waals surface area contributed by atoms with Crippen LogP contribution in [-0.4, -0.2) is 49.7 Å². The molecule has 2 aromatic heterocycles. The van der Waals surface area contributed by atoms with Crippen LogP contribution in [0.1, 0.15) is 61.2 Å². The molecule has 2 heterocycles. The van der Waals surface area contributed by atoms with Crippen molar-refractivity contribution in [3.63, 3.8) is 0 Å². The Kier molecular flexibility index (Phi) is 10.7. The fourth-order valence-corrected chi connectivity index (χ4v) is 7.55. The molecule has 0 unspecified atom stereocenters. The van der Waals surface area contributed by atoms with Gasteiger partial charge < -0.3 is 34.2 Å². The van der Waals surface area contributed by atoms with Gasteiger partial charge in [-0.15, -0.1) is 0 Å². The number of hydrogen-bond acceptors (Lipinski definition) is 8. The van der Waals surface area contributed by atoms with Gasteiger partial charge in [-0.1, -0.05) is 48.9 Å². The first-order valence-corrected chi connectivity index (χ1v) is 18.3. The zero-order valence-electron chi connectivity index (χ0n) is 31.0. The van der Waals surface area contributed by atoms with Gasteiger partial charge in [-0.3, -0.25) is 14.4 Å². The lowest BCUT2D eigenvalue weighted by molar-refractivity contribution is -0.121. The number of para-hydroxylation sites is 2. The van der Waals surface area contributed by atoms with E-state index in [1.54, 1.807) is 21.3 Å². The summed E-state index contributed by atoms with van der Waals surface area (Å²) in [7, 11) is 4.67. The Hall–Kier alpha value is -6.10. The summed E-state index contributed by atoms with van der Waals surface area (Å²) in [4.78, 5) is 48.4. The summed E-state index contributed by atoms with van der Waals surface area (Å²) >= 11 is 0. The highest BCUT2D eigenvalue weighted by molar-refractivity contribution is 5.96. The van der Waals surface area contributed by atoms with E-state index in [9.17, 15) is 14.4 Å². The van der Waals surface area contributed by atoms with Crippen molar-refractivity contribution in [1.29, 1.82) is 0 Å². The Morgan fingerprint density at radius 3 is 2.44 bits per heavy atom. The second-order valence-corrected chi connectivity index (χ2v) is 13.5. The molecule has 0 bridgehead atoms. The average Bonchev–Trinajstić information content (AvgIpc) is 3.68. The van der Waals surface area contributed by atoms with Gasteiger partial charge in [0.1, 0.15) is 11.6 Å². The van der Waals surface area contributed by atoms with Crippen LogP contribution < -0.4 is 30.3 Å². The molecule has 1 aliphatic carbocycles. The molecule has 6 aromatic rings. The van der Waals surface area contributed by atoms with Crippen molar-refractivity contribution < 1.29 is 28.2 Å². The molecule has 11 heteroatoms. The molecule has 278 valence electrons. The number of imidazole rings is 1. The van der Waals surface area contributed by atoms with Gasteiger partial charge in [-0.2, -0.15) is 0 Å². The lowest BCUT2D eigenvalue weighted by Gasteiger charge is -2.20. The van der Waals surface area contributed by atoms with E-state index in [2.05, 4.69) is 20.6 Å². The predicted octanol–water partition coefficient (Wildman–Crippen LogP) is 7.22. The van der Waals surface area contributed by atoms with Gasteiger partial charge in [0.05, 0.1) is 44.8 Å². The molecular weight excluding hydrogens is 684 g/mol. The minimum atomic E-state index is -0.483. The normalized spacial score (nSPS) is 13.5. The van der Waals surface area contributed by atoms with Crippen molar-refractivity contribution >= 4 is 33.8 Å². The highest BCUT2D eigenvalue weighted by Crippen LogP contribution is 2.51. The molecule has 0 saturated heterocycles. The molecule has 3 N–H and O–H groups in total. The Balaban J connectivity index is 1.25. The van der Waals surface area contributed by atoms with Gasteiger partial charge in [-0.05, 0) is 72.7 Å². The van der Waals surface area contributed by atoms with Crippen LogP contribution in [0.4, 0.5) is 0 Å². The summed E-state index contributed by atoms with van der Waals surface area (Å²) in [5.74, 6) is 2.36. The number of nitrogens with one attached hydrogen (secondary N) is 3. The first-order chi connectivity index (χ1) is 26.3. The number of carbonyl (C=O) groups is 2. The first-order valence-electron chi connectivity index (χ1n) is 18.3. The van der Waals surface area contributed by atoms with Crippen molar-refractivity contribution in [2.75, 3.05) is 27.9 Å². The fraction of sp³-hybridized carbons (Fsp3) is 0.302. The summed E-state index contributed by atoms with van der Waals surface area (Å²) in [6.45, 7) is 1.97. The quantitative estimate of drug-likeness (QED) is 0.106. The van der Waals surface area contributed by atoms with E-state index < -0.39 is 6.04 Å². The zero-order chi connectivity index (χ0) is 37.8. The lowest BCUT2D eigenvalue weighted by Crippen LogP contribution is -2.26. The molecule has 0 spiro atoms. The maximum atomic E-state index is 14.2. The van der Waals surface area contributed by atoms with Crippen LogP contribution in [0.15, 0.2) is 82.0 Å². The smallest absolute Gasteiger partial charge is 0.224 e. The molecule has 11 nitrogen and oxygen atoms in total. The highest BCUT2D eigenvalue weighted by Gasteiger charge is 2.31. The van der Waals surface area contributed by atoms with Crippen molar-refractivity contribution in [3.05, 3.63) is 106 Å². The molecule has 0 fully saturated rings. The molecule has 1 atom stereocenters. The van der Waals surface area contributed by atoms with Crippen LogP contribution in [0.25, 0.3) is 44.5 Å². The molecule has 7 rings (SSSR count). The number of methoxy groups -OCH3 is 3. The van der Waals surface area contributed by atoms with Crippen LogP contribution in [0.3, 0.4) is 0 Å². The third-order valence-corrected chi connectivity index (χ3v) is 10.0. The van der Waals surface area contributed by atoms with E-state index in [0.29, 0.717) is 64.5 Å². The van der Waals surface area contributed by atoms with Crippen LogP contribution in [-0.2, 0) is 28.9 Å². The number of carbonyl (C=O) groups excluding carboxylic acids is 2. The number of hydrogen-bond donors (Lipinski definition) is 3. The van der Waals surface area contributed by atoms with E-state index in [4.69, 9.17) is 18.6 Å². The van der Waals surface area contributed by atoms with E-state index in [1.165, 1.54) is 13.0 Å². The molecule has 0 radical (unpaired) electrons. The van der Waals surface area contributed by atoms with Crippen molar-refractivity contribution in [2.45, 2.75) is 57.9 Å². The molecular formula is C43H44N4O7. The number of fused-ring (bicyclic) bond motifs is 5. The number of amides is 2. The number of aromatic nitrogens is 2. The average molecular weight is 729 g/mol. The second-order valence-electron chi connectivity index (χ2n) is 13.5. The number of benzene rings is 3. The predicted molar refractivity (Wildman–Crippen MR) is 208 cm³/mol. The molecule has 54 heavy (non-hydrogen) atoms. The van der Waals surface area contributed by atoms with Crippen molar-refractivity contribution in [1.82, 2.24) is 20.6 Å². The summed E-state index contributed by atoms with van der Waals surface area (Å²) < 4.78 is 23.9. The Morgan fingerprint density at radius 2 is 1.70 bits per heavy atom. The Labute approximate surface area is 313 Å².